The molecule has 0 bridgehead atoms. The Hall–Kier alpha value is -1.16. The van der Waals surface area contributed by atoms with Gasteiger partial charge in [0.1, 0.15) is 0 Å². The average molecular weight is 212 g/mol. The summed E-state index contributed by atoms with van der Waals surface area (Å²) >= 11 is 5.70. The fraction of sp³-hybridized carbons (Fsp3) is 0.444. The van der Waals surface area contributed by atoms with Crippen molar-refractivity contribution in [2.75, 3.05) is 5.32 Å². The quantitative estimate of drug-likeness (QED) is 0.811. The third kappa shape index (κ3) is 2.01. The molecular weight excluding hydrogens is 202 g/mol. The second kappa shape index (κ2) is 3.53. The standard InChI is InChI=1S/C9H10ClN3O/c1-5-2-7(5)9(14)12-8-3-6(10)4-11-13-8/h3-5,7H,2H2,1H3,(H,12,13,14)/t5-,7-/m0/s1. The molecule has 1 heterocycles. The van der Waals surface area contributed by atoms with E-state index in [1.807, 2.05) is 6.92 Å². The SMILES string of the molecule is C[C@H]1C[C@@H]1C(=O)Nc1cc(Cl)cnn1. The maximum absolute atomic E-state index is 11.5. The van der Waals surface area contributed by atoms with E-state index in [4.69, 9.17) is 11.6 Å². The first-order chi connectivity index (χ1) is 6.66. The van der Waals surface area contributed by atoms with Crippen LogP contribution in [0.5, 0.6) is 0 Å². The van der Waals surface area contributed by atoms with E-state index in [2.05, 4.69) is 15.5 Å². The molecule has 74 valence electrons. The molecule has 2 rings (SSSR count). The molecule has 1 aromatic heterocycles. The van der Waals surface area contributed by atoms with Crippen LogP contribution in [-0.4, -0.2) is 16.1 Å². The highest BCUT2D eigenvalue weighted by atomic mass is 35.5. The Morgan fingerprint density at radius 2 is 2.43 bits per heavy atom. The fourth-order valence-electron chi connectivity index (χ4n) is 1.31. The van der Waals surface area contributed by atoms with E-state index in [0.29, 0.717) is 16.8 Å². The molecule has 1 N–H and O–H groups in total. The molecule has 0 unspecified atom stereocenters. The van der Waals surface area contributed by atoms with Crippen LogP contribution in [0.1, 0.15) is 13.3 Å². The summed E-state index contributed by atoms with van der Waals surface area (Å²) in [7, 11) is 0. The Morgan fingerprint density at radius 3 is 3.00 bits per heavy atom. The number of rotatable bonds is 2. The molecule has 4 nitrogen and oxygen atoms in total. The molecule has 2 atom stereocenters. The Kier molecular flexibility index (Phi) is 2.37. The number of amides is 1. The largest absolute Gasteiger partial charge is 0.309 e. The van der Waals surface area contributed by atoms with E-state index in [1.54, 1.807) is 6.07 Å². The molecule has 1 fully saturated rings. The molecule has 1 saturated carbocycles. The second-order valence-corrected chi connectivity index (χ2v) is 4.00. The number of anilines is 1. The van der Waals surface area contributed by atoms with Gasteiger partial charge < -0.3 is 5.32 Å². The second-order valence-electron chi connectivity index (χ2n) is 3.57. The van der Waals surface area contributed by atoms with Gasteiger partial charge in [0.05, 0.1) is 11.2 Å². The highest BCUT2D eigenvalue weighted by Gasteiger charge is 2.39. The van der Waals surface area contributed by atoms with Crippen molar-refractivity contribution in [1.82, 2.24) is 10.2 Å². The van der Waals surface area contributed by atoms with Gasteiger partial charge in [-0.25, -0.2) is 0 Å². The van der Waals surface area contributed by atoms with Crippen molar-refractivity contribution in [1.29, 1.82) is 0 Å². The minimum absolute atomic E-state index is 0.00840. The van der Waals surface area contributed by atoms with Crippen molar-refractivity contribution < 1.29 is 4.79 Å². The van der Waals surface area contributed by atoms with Gasteiger partial charge in [-0.15, -0.1) is 5.10 Å². The molecule has 1 amide bonds. The minimum Gasteiger partial charge on any atom is -0.309 e. The van der Waals surface area contributed by atoms with Crippen molar-refractivity contribution in [3.8, 4) is 0 Å². The summed E-state index contributed by atoms with van der Waals surface area (Å²) in [5.41, 5.74) is 0. The zero-order valence-corrected chi connectivity index (χ0v) is 8.45. The van der Waals surface area contributed by atoms with Gasteiger partial charge in [-0.3, -0.25) is 4.79 Å². The van der Waals surface area contributed by atoms with Gasteiger partial charge in [0.2, 0.25) is 5.91 Å². The summed E-state index contributed by atoms with van der Waals surface area (Å²) in [5, 5.41) is 10.5. The van der Waals surface area contributed by atoms with Crippen LogP contribution < -0.4 is 5.32 Å². The van der Waals surface area contributed by atoms with Gasteiger partial charge >= 0.3 is 0 Å². The number of nitrogens with zero attached hydrogens (tertiary/aromatic N) is 2. The van der Waals surface area contributed by atoms with Gasteiger partial charge in [0.25, 0.3) is 0 Å². The lowest BCUT2D eigenvalue weighted by Gasteiger charge is -2.01. The van der Waals surface area contributed by atoms with Crippen molar-refractivity contribution in [2.45, 2.75) is 13.3 Å². The van der Waals surface area contributed by atoms with Crippen molar-refractivity contribution in [3.05, 3.63) is 17.3 Å². The normalized spacial score (nSPS) is 24.4. The molecule has 1 aromatic rings. The number of carbonyl (C=O) groups is 1. The summed E-state index contributed by atoms with van der Waals surface area (Å²) in [6, 6.07) is 1.58. The Bertz CT molecular complexity index is 369. The number of nitrogens with one attached hydrogen (secondary N) is 1. The van der Waals surface area contributed by atoms with E-state index in [1.165, 1.54) is 6.20 Å². The molecule has 0 radical (unpaired) electrons. The van der Waals surface area contributed by atoms with E-state index < -0.39 is 0 Å². The molecule has 0 aromatic carbocycles. The molecule has 0 aliphatic heterocycles. The summed E-state index contributed by atoms with van der Waals surface area (Å²) in [6.45, 7) is 2.05. The summed E-state index contributed by atoms with van der Waals surface area (Å²) < 4.78 is 0. The zero-order valence-electron chi connectivity index (χ0n) is 7.70. The lowest BCUT2D eigenvalue weighted by atomic mass is 10.3. The van der Waals surface area contributed by atoms with Crippen LogP contribution in [0.3, 0.4) is 0 Å². The zero-order chi connectivity index (χ0) is 10.1. The first kappa shape index (κ1) is 9.40. The highest BCUT2D eigenvalue weighted by molar-refractivity contribution is 6.30. The summed E-state index contributed by atoms with van der Waals surface area (Å²) in [5.74, 6) is 1.05. The Balaban J connectivity index is 2.00. The molecule has 1 aliphatic rings. The van der Waals surface area contributed by atoms with Crippen LogP contribution in [0.2, 0.25) is 5.02 Å². The lowest BCUT2D eigenvalue weighted by Crippen LogP contribution is -2.15. The van der Waals surface area contributed by atoms with Gasteiger partial charge in [0, 0.05) is 12.0 Å². The molecule has 1 aliphatic carbocycles. The minimum atomic E-state index is 0.00840. The third-order valence-electron chi connectivity index (χ3n) is 2.32. The van der Waals surface area contributed by atoms with Crippen LogP contribution in [0.15, 0.2) is 12.3 Å². The first-order valence-electron chi connectivity index (χ1n) is 4.46. The number of carbonyl (C=O) groups excluding carboxylic acids is 1. The maximum atomic E-state index is 11.5. The number of hydrogen-bond acceptors (Lipinski definition) is 3. The predicted octanol–water partition coefficient (Wildman–Crippen LogP) is 1.72. The highest BCUT2D eigenvalue weighted by Crippen LogP contribution is 2.38. The van der Waals surface area contributed by atoms with Gasteiger partial charge in [-0.05, 0) is 12.3 Å². The van der Waals surface area contributed by atoms with Crippen LogP contribution >= 0.6 is 11.6 Å². The summed E-state index contributed by atoms with van der Waals surface area (Å²) in [6.07, 6.45) is 2.39. The number of hydrogen-bond donors (Lipinski definition) is 1. The summed E-state index contributed by atoms with van der Waals surface area (Å²) in [4.78, 5) is 11.5. The molecule has 0 saturated heterocycles. The Labute approximate surface area is 86.7 Å². The van der Waals surface area contributed by atoms with Crippen LogP contribution in [0.25, 0.3) is 0 Å². The topological polar surface area (TPSA) is 54.9 Å². The molecule has 0 spiro atoms. The van der Waals surface area contributed by atoms with E-state index >= 15 is 0 Å². The first-order valence-corrected chi connectivity index (χ1v) is 4.83. The fourth-order valence-corrected chi connectivity index (χ4v) is 1.46. The van der Waals surface area contributed by atoms with E-state index in [-0.39, 0.29) is 11.8 Å². The predicted molar refractivity (Wildman–Crippen MR) is 52.9 cm³/mol. The average Bonchev–Trinajstić information content (AvgIpc) is 2.82. The van der Waals surface area contributed by atoms with E-state index in [0.717, 1.165) is 6.42 Å². The molecular formula is C9H10ClN3O. The number of aromatic nitrogens is 2. The lowest BCUT2D eigenvalue weighted by molar-refractivity contribution is -0.117. The maximum Gasteiger partial charge on any atom is 0.228 e. The van der Waals surface area contributed by atoms with Gasteiger partial charge in [0.15, 0.2) is 5.82 Å². The smallest absolute Gasteiger partial charge is 0.228 e. The van der Waals surface area contributed by atoms with E-state index in [9.17, 15) is 4.79 Å². The monoisotopic (exact) mass is 211 g/mol. The van der Waals surface area contributed by atoms with Crippen LogP contribution in [0.4, 0.5) is 5.82 Å². The van der Waals surface area contributed by atoms with Gasteiger partial charge in [-0.1, -0.05) is 18.5 Å². The number of halogens is 1. The van der Waals surface area contributed by atoms with Crippen molar-refractivity contribution in [3.63, 3.8) is 0 Å². The third-order valence-corrected chi connectivity index (χ3v) is 2.53. The van der Waals surface area contributed by atoms with Crippen LogP contribution in [-0.2, 0) is 4.79 Å². The van der Waals surface area contributed by atoms with Crippen molar-refractivity contribution in [2.24, 2.45) is 11.8 Å². The molecule has 14 heavy (non-hydrogen) atoms. The van der Waals surface area contributed by atoms with Gasteiger partial charge in [-0.2, -0.15) is 5.10 Å². The van der Waals surface area contributed by atoms with Crippen LogP contribution in [0, 0.1) is 11.8 Å². The molecule has 5 heteroatoms. The Morgan fingerprint density at radius 1 is 1.71 bits per heavy atom. The van der Waals surface area contributed by atoms with Crippen molar-refractivity contribution >= 4 is 23.3 Å².